The lowest BCUT2D eigenvalue weighted by molar-refractivity contribution is -0.121. The molecule has 0 aromatic heterocycles. The monoisotopic (exact) mass is 273 g/mol. The first kappa shape index (κ1) is 14.3. The average Bonchev–Trinajstić information content (AvgIpc) is 2.31. The zero-order chi connectivity index (χ0) is 13.9. The molecular formula is C11H13F2N3OS. The number of hydrogen-bond acceptors (Lipinski definition) is 3. The van der Waals surface area contributed by atoms with Crippen molar-refractivity contribution in [1.82, 2.24) is 5.32 Å². The predicted molar refractivity (Wildman–Crippen MR) is 69.4 cm³/mol. The number of benzene rings is 1. The third-order valence-electron chi connectivity index (χ3n) is 2.33. The molecule has 0 fully saturated rings. The van der Waals surface area contributed by atoms with Crippen LogP contribution in [0, 0.1) is 11.6 Å². The van der Waals surface area contributed by atoms with Gasteiger partial charge in [-0.05, 0) is 19.1 Å². The zero-order valence-electron chi connectivity index (χ0n) is 9.88. The number of thiocarbonyl (C=S) groups is 1. The summed E-state index contributed by atoms with van der Waals surface area (Å²) in [6, 6.07) is 1.27. The van der Waals surface area contributed by atoms with Crippen molar-refractivity contribution in [3.05, 3.63) is 29.3 Å². The Balaban J connectivity index is 3.04. The van der Waals surface area contributed by atoms with Gasteiger partial charge in [0.25, 0.3) is 0 Å². The molecule has 1 atom stereocenters. The molecule has 98 valence electrons. The van der Waals surface area contributed by atoms with E-state index < -0.39 is 17.7 Å². The molecule has 0 aliphatic heterocycles. The lowest BCUT2D eigenvalue weighted by Gasteiger charge is -2.15. The van der Waals surface area contributed by atoms with Crippen LogP contribution in [0.5, 0.6) is 0 Å². The largest absolute Gasteiger partial charge is 0.389 e. The summed E-state index contributed by atoms with van der Waals surface area (Å²) in [6.45, 7) is 1.49. The van der Waals surface area contributed by atoms with Crippen LogP contribution in [-0.4, -0.2) is 24.0 Å². The summed E-state index contributed by atoms with van der Waals surface area (Å²) in [4.78, 5) is 11.2. The van der Waals surface area contributed by atoms with Crippen LogP contribution >= 0.6 is 12.2 Å². The molecule has 1 aromatic carbocycles. The van der Waals surface area contributed by atoms with Crippen molar-refractivity contribution < 1.29 is 13.6 Å². The fraction of sp³-hybridized carbons (Fsp3) is 0.273. The summed E-state index contributed by atoms with van der Waals surface area (Å²) in [7, 11) is 1.43. The van der Waals surface area contributed by atoms with Crippen LogP contribution in [0.3, 0.4) is 0 Å². The van der Waals surface area contributed by atoms with E-state index in [2.05, 4.69) is 22.9 Å². The number of amides is 1. The van der Waals surface area contributed by atoms with Crippen molar-refractivity contribution in [1.29, 1.82) is 0 Å². The van der Waals surface area contributed by atoms with Crippen molar-refractivity contribution in [2.75, 3.05) is 12.4 Å². The first-order chi connectivity index (χ1) is 8.36. The third kappa shape index (κ3) is 3.13. The lowest BCUT2D eigenvalue weighted by atomic mass is 10.1. The molecule has 1 unspecified atom stereocenters. The van der Waals surface area contributed by atoms with Crippen molar-refractivity contribution in [3.63, 3.8) is 0 Å². The van der Waals surface area contributed by atoms with Crippen molar-refractivity contribution in [3.8, 4) is 0 Å². The van der Waals surface area contributed by atoms with Crippen molar-refractivity contribution in [2.24, 2.45) is 5.73 Å². The highest BCUT2D eigenvalue weighted by Gasteiger charge is 2.17. The molecule has 0 saturated heterocycles. The summed E-state index contributed by atoms with van der Waals surface area (Å²) in [5, 5.41) is 4.82. The second-order valence-electron chi connectivity index (χ2n) is 3.66. The van der Waals surface area contributed by atoms with Crippen LogP contribution < -0.4 is 16.4 Å². The van der Waals surface area contributed by atoms with Gasteiger partial charge in [0.15, 0.2) is 0 Å². The molecule has 4 N–H and O–H groups in total. The van der Waals surface area contributed by atoms with Crippen LogP contribution in [-0.2, 0) is 4.79 Å². The van der Waals surface area contributed by atoms with E-state index in [0.29, 0.717) is 0 Å². The highest BCUT2D eigenvalue weighted by Crippen LogP contribution is 2.21. The second kappa shape index (κ2) is 5.72. The molecule has 18 heavy (non-hydrogen) atoms. The van der Waals surface area contributed by atoms with Crippen molar-refractivity contribution in [2.45, 2.75) is 13.0 Å². The number of rotatable bonds is 4. The fourth-order valence-electron chi connectivity index (χ4n) is 1.35. The molecule has 0 bridgehead atoms. The highest BCUT2D eigenvalue weighted by molar-refractivity contribution is 7.80. The quantitative estimate of drug-likeness (QED) is 0.720. The Morgan fingerprint density at radius 1 is 1.39 bits per heavy atom. The minimum Gasteiger partial charge on any atom is -0.389 e. The normalized spacial score (nSPS) is 11.8. The van der Waals surface area contributed by atoms with Gasteiger partial charge in [0.1, 0.15) is 28.4 Å². The van der Waals surface area contributed by atoms with E-state index >= 15 is 0 Å². The van der Waals surface area contributed by atoms with Gasteiger partial charge in [-0.3, -0.25) is 4.79 Å². The van der Waals surface area contributed by atoms with Crippen LogP contribution in [0.15, 0.2) is 12.1 Å². The molecule has 0 saturated carbocycles. The number of nitrogens with one attached hydrogen (secondary N) is 2. The van der Waals surface area contributed by atoms with E-state index in [-0.39, 0.29) is 22.1 Å². The standard InChI is InChI=1S/C11H13F2N3OS/c1-5(11(17)15-2)16-9-7(12)3-6(10(14)18)4-8(9)13/h3-5,16H,1-2H3,(H2,14,18)(H,15,17). The average molecular weight is 273 g/mol. The van der Waals surface area contributed by atoms with E-state index in [1.807, 2.05) is 0 Å². The maximum Gasteiger partial charge on any atom is 0.241 e. The lowest BCUT2D eigenvalue weighted by Crippen LogP contribution is -2.35. The maximum atomic E-state index is 13.6. The molecule has 0 heterocycles. The van der Waals surface area contributed by atoms with E-state index in [9.17, 15) is 13.6 Å². The van der Waals surface area contributed by atoms with Gasteiger partial charge in [-0.15, -0.1) is 0 Å². The Labute approximate surface area is 109 Å². The Kier molecular flexibility index (Phi) is 4.55. The molecule has 1 rings (SSSR count). The SMILES string of the molecule is CNC(=O)C(C)Nc1c(F)cc(C(N)=S)cc1F. The fourth-order valence-corrected chi connectivity index (χ4v) is 1.47. The Morgan fingerprint density at radius 2 is 1.89 bits per heavy atom. The molecule has 0 spiro atoms. The molecular weight excluding hydrogens is 260 g/mol. The van der Waals surface area contributed by atoms with Crippen LogP contribution in [0.4, 0.5) is 14.5 Å². The zero-order valence-corrected chi connectivity index (χ0v) is 10.7. The summed E-state index contributed by atoms with van der Waals surface area (Å²) >= 11 is 4.63. The van der Waals surface area contributed by atoms with Gasteiger partial charge < -0.3 is 16.4 Å². The number of carbonyl (C=O) groups excluding carboxylic acids is 1. The topological polar surface area (TPSA) is 67.2 Å². The van der Waals surface area contributed by atoms with Gasteiger partial charge in [0, 0.05) is 12.6 Å². The van der Waals surface area contributed by atoms with Gasteiger partial charge in [-0.1, -0.05) is 12.2 Å². The molecule has 0 aliphatic carbocycles. The van der Waals surface area contributed by atoms with Crippen LogP contribution in [0.25, 0.3) is 0 Å². The Morgan fingerprint density at radius 3 is 2.28 bits per heavy atom. The minimum absolute atomic E-state index is 0.0955. The maximum absolute atomic E-state index is 13.6. The van der Waals surface area contributed by atoms with Crippen LogP contribution in [0.2, 0.25) is 0 Å². The predicted octanol–water partition coefficient (Wildman–Crippen LogP) is 1.15. The van der Waals surface area contributed by atoms with Gasteiger partial charge in [0.2, 0.25) is 5.91 Å². The summed E-state index contributed by atoms with van der Waals surface area (Å²) in [5.41, 5.74) is 5.00. The smallest absolute Gasteiger partial charge is 0.241 e. The second-order valence-corrected chi connectivity index (χ2v) is 4.10. The van der Waals surface area contributed by atoms with E-state index in [1.165, 1.54) is 14.0 Å². The molecule has 1 amide bonds. The number of likely N-dealkylation sites (N-methyl/N-ethyl adjacent to an activating group) is 1. The number of hydrogen-bond donors (Lipinski definition) is 3. The van der Waals surface area contributed by atoms with E-state index in [0.717, 1.165) is 12.1 Å². The van der Waals surface area contributed by atoms with Gasteiger partial charge >= 0.3 is 0 Å². The third-order valence-corrected chi connectivity index (χ3v) is 2.56. The first-order valence-corrected chi connectivity index (χ1v) is 5.54. The van der Waals surface area contributed by atoms with Crippen molar-refractivity contribution >= 4 is 28.8 Å². The summed E-state index contributed by atoms with van der Waals surface area (Å²) in [5.74, 6) is -2.09. The Hall–Kier alpha value is -1.76. The number of halogens is 2. The highest BCUT2D eigenvalue weighted by atomic mass is 32.1. The molecule has 0 radical (unpaired) electrons. The molecule has 7 heteroatoms. The number of anilines is 1. The van der Waals surface area contributed by atoms with Crippen LogP contribution in [0.1, 0.15) is 12.5 Å². The molecule has 0 aliphatic rings. The number of carbonyl (C=O) groups is 1. The molecule has 4 nitrogen and oxygen atoms in total. The summed E-state index contributed by atoms with van der Waals surface area (Å²) < 4.78 is 27.3. The van der Waals surface area contributed by atoms with Gasteiger partial charge in [-0.2, -0.15) is 0 Å². The molecule has 1 aromatic rings. The van der Waals surface area contributed by atoms with E-state index in [1.54, 1.807) is 0 Å². The van der Waals surface area contributed by atoms with E-state index in [4.69, 9.17) is 5.73 Å². The first-order valence-electron chi connectivity index (χ1n) is 5.13. The van der Waals surface area contributed by atoms with Gasteiger partial charge in [0.05, 0.1) is 0 Å². The minimum atomic E-state index is -0.853. The number of nitrogens with two attached hydrogens (primary N) is 1. The summed E-state index contributed by atoms with van der Waals surface area (Å²) in [6.07, 6.45) is 0. The van der Waals surface area contributed by atoms with Gasteiger partial charge in [-0.25, -0.2) is 8.78 Å². The Bertz CT molecular complexity index is 470.